The lowest BCUT2D eigenvalue weighted by atomic mass is 9.94. The van der Waals surface area contributed by atoms with Gasteiger partial charge in [0.2, 0.25) is 6.43 Å². The van der Waals surface area contributed by atoms with Crippen molar-refractivity contribution in [2.24, 2.45) is 0 Å². The third kappa shape index (κ3) is 2.98. The third-order valence-corrected chi connectivity index (χ3v) is 2.25. The Morgan fingerprint density at radius 3 is 2.56 bits per heavy atom. The van der Waals surface area contributed by atoms with Crippen LogP contribution in [0.15, 0.2) is 18.2 Å². The summed E-state index contributed by atoms with van der Waals surface area (Å²) in [6.07, 6.45) is -3.68. The van der Waals surface area contributed by atoms with Crippen LogP contribution in [0.2, 0.25) is 0 Å². The summed E-state index contributed by atoms with van der Waals surface area (Å²) in [5.41, 5.74) is 0.379. The SMILES string of the molecule is Cc1ccc(F)c(C(CC(=O)O)C(F)F)c1. The summed E-state index contributed by atoms with van der Waals surface area (Å²) in [5.74, 6) is -3.76. The molecule has 0 bridgehead atoms. The number of carboxylic acids is 1. The standard InChI is InChI=1S/C11H11F3O2/c1-6-2-3-9(12)7(4-6)8(11(13)14)5-10(15)16/h2-4,8,11H,5H2,1H3,(H,15,16). The first kappa shape index (κ1) is 12.5. The maximum Gasteiger partial charge on any atom is 0.304 e. The van der Waals surface area contributed by atoms with Gasteiger partial charge in [0, 0.05) is 0 Å². The topological polar surface area (TPSA) is 37.3 Å². The lowest BCUT2D eigenvalue weighted by Crippen LogP contribution is -2.15. The number of hydrogen-bond donors (Lipinski definition) is 1. The van der Waals surface area contributed by atoms with Gasteiger partial charge in [-0.3, -0.25) is 4.79 Å². The maximum absolute atomic E-state index is 13.3. The number of rotatable bonds is 4. The van der Waals surface area contributed by atoms with E-state index in [0.29, 0.717) is 5.56 Å². The Morgan fingerprint density at radius 1 is 1.44 bits per heavy atom. The first-order valence-electron chi connectivity index (χ1n) is 4.67. The normalized spacial score (nSPS) is 12.8. The Kier molecular flexibility index (Phi) is 3.93. The van der Waals surface area contributed by atoms with Gasteiger partial charge < -0.3 is 5.11 Å². The largest absolute Gasteiger partial charge is 0.481 e. The average Bonchev–Trinajstić information content (AvgIpc) is 2.18. The van der Waals surface area contributed by atoms with Crippen molar-refractivity contribution in [3.05, 3.63) is 35.1 Å². The molecule has 0 aliphatic rings. The van der Waals surface area contributed by atoms with Crippen LogP contribution in [0, 0.1) is 12.7 Å². The minimum absolute atomic E-state index is 0.239. The molecule has 88 valence electrons. The van der Waals surface area contributed by atoms with Gasteiger partial charge >= 0.3 is 5.97 Å². The van der Waals surface area contributed by atoms with Gasteiger partial charge in [0.15, 0.2) is 0 Å². The number of hydrogen-bond acceptors (Lipinski definition) is 1. The molecule has 0 spiro atoms. The van der Waals surface area contributed by atoms with Crippen LogP contribution in [0.1, 0.15) is 23.5 Å². The smallest absolute Gasteiger partial charge is 0.304 e. The Bertz CT molecular complexity index is 391. The summed E-state index contributed by atoms with van der Waals surface area (Å²) >= 11 is 0. The summed E-state index contributed by atoms with van der Waals surface area (Å²) in [7, 11) is 0. The molecule has 0 fully saturated rings. The molecule has 0 saturated carbocycles. The predicted molar refractivity (Wildman–Crippen MR) is 52.1 cm³/mol. The van der Waals surface area contributed by atoms with Gasteiger partial charge in [0.25, 0.3) is 0 Å². The fraction of sp³-hybridized carbons (Fsp3) is 0.364. The second-order valence-corrected chi connectivity index (χ2v) is 3.56. The van der Waals surface area contributed by atoms with Crippen LogP contribution >= 0.6 is 0 Å². The van der Waals surface area contributed by atoms with Gasteiger partial charge in [0.05, 0.1) is 12.3 Å². The van der Waals surface area contributed by atoms with Gasteiger partial charge in [-0.1, -0.05) is 17.7 Å². The third-order valence-electron chi connectivity index (χ3n) is 2.25. The quantitative estimate of drug-likeness (QED) is 0.866. The molecular weight excluding hydrogens is 221 g/mol. The molecule has 0 heterocycles. The van der Waals surface area contributed by atoms with E-state index in [2.05, 4.69) is 0 Å². The van der Waals surface area contributed by atoms with E-state index in [-0.39, 0.29) is 5.56 Å². The maximum atomic E-state index is 13.3. The van der Waals surface area contributed by atoms with Crippen molar-refractivity contribution in [2.75, 3.05) is 0 Å². The summed E-state index contributed by atoms with van der Waals surface area (Å²) < 4.78 is 38.6. The Balaban J connectivity index is 3.09. The monoisotopic (exact) mass is 232 g/mol. The zero-order chi connectivity index (χ0) is 12.3. The highest BCUT2D eigenvalue weighted by Gasteiger charge is 2.27. The number of carbonyl (C=O) groups is 1. The van der Waals surface area contributed by atoms with E-state index in [9.17, 15) is 18.0 Å². The van der Waals surface area contributed by atoms with E-state index in [0.717, 1.165) is 6.07 Å². The summed E-state index contributed by atoms with van der Waals surface area (Å²) in [5, 5.41) is 8.50. The molecule has 1 unspecified atom stereocenters. The van der Waals surface area contributed by atoms with Crippen molar-refractivity contribution >= 4 is 5.97 Å². The molecule has 1 aromatic carbocycles. The van der Waals surface area contributed by atoms with Crippen molar-refractivity contribution in [3.8, 4) is 0 Å². The number of carboxylic acid groups (broad SMARTS) is 1. The molecule has 1 N–H and O–H groups in total. The summed E-state index contributed by atoms with van der Waals surface area (Å²) in [4.78, 5) is 10.4. The van der Waals surface area contributed by atoms with Crippen molar-refractivity contribution in [2.45, 2.75) is 25.7 Å². The van der Waals surface area contributed by atoms with E-state index in [4.69, 9.17) is 5.11 Å². The highest BCUT2D eigenvalue weighted by molar-refractivity contribution is 5.68. The zero-order valence-corrected chi connectivity index (χ0v) is 8.58. The van der Waals surface area contributed by atoms with E-state index >= 15 is 0 Å². The average molecular weight is 232 g/mol. The fourth-order valence-corrected chi connectivity index (χ4v) is 1.47. The molecule has 1 aromatic rings. The number of alkyl halides is 2. The highest BCUT2D eigenvalue weighted by atomic mass is 19.3. The molecule has 0 aliphatic carbocycles. The van der Waals surface area contributed by atoms with Crippen LogP contribution in [0.3, 0.4) is 0 Å². The minimum atomic E-state index is -2.90. The second-order valence-electron chi connectivity index (χ2n) is 3.56. The first-order chi connectivity index (χ1) is 7.41. The minimum Gasteiger partial charge on any atom is -0.481 e. The van der Waals surface area contributed by atoms with E-state index in [1.165, 1.54) is 12.1 Å². The molecule has 0 radical (unpaired) electrons. The van der Waals surface area contributed by atoms with Crippen molar-refractivity contribution in [3.63, 3.8) is 0 Å². The molecular formula is C11H11F3O2. The first-order valence-corrected chi connectivity index (χ1v) is 4.67. The van der Waals surface area contributed by atoms with Crippen LogP contribution in [-0.4, -0.2) is 17.5 Å². The molecule has 1 atom stereocenters. The van der Waals surface area contributed by atoms with Crippen molar-refractivity contribution < 1.29 is 23.1 Å². The highest BCUT2D eigenvalue weighted by Crippen LogP contribution is 2.29. The predicted octanol–water partition coefficient (Wildman–Crippen LogP) is 2.96. The molecule has 5 heteroatoms. The summed E-state index contributed by atoms with van der Waals surface area (Å²) in [6, 6.07) is 3.78. The zero-order valence-electron chi connectivity index (χ0n) is 8.58. The molecule has 2 nitrogen and oxygen atoms in total. The molecule has 16 heavy (non-hydrogen) atoms. The van der Waals surface area contributed by atoms with Crippen molar-refractivity contribution in [1.82, 2.24) is 0 Å². The number of halogens is 3. The molecule has 0 aromatic heterocycles. The lowest BCUT2D eigenvalue weighted by molar-refractivity contribution is -0.138. The van der Waals surface area contributed by atoms with Gasteiger partial charge in [-0.2, -0.15) is 0 Å². The van der Waals surface area contributed by atoms with Gasteiger partial charge in [-0.25, -0.2) is 13.2 Å². The Hall–Kier alpha value is -1.52. The molecule has 1 rings (SSSR count). The number of benzene rings is 1. The van der Waals surface area contributed by atoms with Gasteiger partial charge in [-0.15, -0.1) is 0 Å². The second kappa shape index (κ2) is 5.01. The Labute approximate surface area is 90.7 Å². The van der Waals surface area contributed by atoms with Crippen LogP contribution in [0.5, 0.6) is 0 Å². The van der Waals surface area contributed by atoms with Crippen LogP contribution in [0.4, 0.5) is 13.2 Å². The Morgan fingerprint density at radius 2 is 2.06 bits per heavy atom. The van der Waals surface area contributed by atoms with E-state index in [1.54, 1.807) is 6.92 Å². The van der Waals surface area contributed by atoms with Gasteiger partial charge in [-0.05, 0) is 18.6 Å². The summed E-state index contributed by atoms with van der Waals surface area (Å²) in [6.45, 7) is 1.63. The van der Waals surface area contributed by atoms with Crippen LogP contribution in [0.25, 0.3) is 0 Å². The van der Waals surface area contributed by atoms with E-state index in [1.807, 2.05) is 0 Å². The molecule has 0 amide bonds. The van der Waals surface area contributed by atoms with E-state index < -0.39 is 30.6 Å². The van der Waals surface area contributed by atoms with Crippen LogP contribution < -0.4 is 0 Å². The van der Waals surface area contributed by atoms with Crippen molar-refractivity contribution in [1.29, 1.82) is 0 Å². The van der Waals surface area contributed by atoms with Gasteiger partial charge in [0.1, 0.15) is 5.82 Å². The molecule has 0 saturated heterocycles. The fourth-order valence-electron chi connectivity index (χ4n) is 1.47. The van der Waals surface area contributed by atoms with Crippen LogP contribution in [-0.2, 0) is 4.79 Å². The lowest BCUT2D eigenvalue weighted by Gasteiger charge is -2.15. The molecule has 0 aliphatic heterocycles. The number of aliphatic carboxylic acids is 1. The number of aryl methyl sites for hydroxylation is 1.